The zero-order valence-electron chi connectivity index (χ0n) is 12.0. The summed E-state index contributed by atoms with van der Waals surface area (Å²) in [5, 5.41) is 0. The lowest BCUT2D eigenvalue weighted by Crippen LogP contribution is -2.25. The Morgan fingerprint density at radius 3 is 2.33 bits per heavy atom. The van der Waals surface area contributed by atoms with Crippen molar-refractivity contribution in [1.82, 2.24) is 0 Å². The van der Waals surface area contributed by atoms with Crippen LogP contribution in [0.4, 0.5) is 0 Å². The van der Waals surface area contributed by atoms with Gasteiger partial charge in [0.05, 0.1) is 7.11 Å². The Bertz CT molecular complexity index is 430. The number of methoxy groups -OCH3 is 1. The molecule has 0 radical (unpaired) electrons. The molecular formula is C15H22O3. The van der Waals surface area contributed by atoms with E-state index in [2.05, 4.69) is 31.6 Å². The van der Waals surface area contributed by atoms with Crippen molar-refractivity contribution in [3.8, 4) is 5.75 Å². The summed E-state index contributed by atoms with van der Waals surface area (Å²) in [6.45, 7) is 10.2. The van der Waals surface area contributed by atoms with Gasteiger partial charge in [0, 0.05) is 0 Å². The zero-order valence-corrected chi connectivity index (χ0v) is 12.0. The lowest BCUT2D eigenvalue weighted by atomic mass is 9.86. The van der Waals surface area contributed by atoms with Crippen molar-refractivity contribution < 1.29 is 14.3 Å². The molecule has 0 aromatic heterocycles. The van der Waals surface area contributed by atoms with Gasteiger partial charge in [0.15, 0.2) is 6.10 Å². The predicted octanol–water partition coefficient (Wildman–Crippen LogP) is 3.23. The molecule has 0 amide bonds. The standard InChI is InChI=1S/C15H22O3/c1-10-9-12(15(3,4)5)7-8-13(10)18-11(2)14(16)17-6/h7-9,11H,1-6H3/t11-/m1/s1. The highest BCUT2D eigenvalue weighted by Gasteiger charge is 2.18. The van der Waals surface area contributed by atoms with Crippen LogP contribution in [0.25, 0.3) is 0 Å². The van der Waals surface area contributed by atoms with Crippen LogP contribution in [-0.4, -0.2) is 19.2 Å². The summed E-state index contributed by atoms with van der Waals surface area (Å²) in [7, 11) is 1.36. The number of carbonyl (C=O) groups is 1. The monoisotopic (exact) mass is 250 g/mol. The fourth-order valence-electron chi connectivity index (χ4n) is 1.65. The minimum absolute atomic E-state index is 0.108. The quantitative estimate of drug-likeness (QED) is 0.773. The Morgan fingerprint density at radius 2 is 1.89 bits per heavy atom. The third-order valence-corrected chi connectivity index (χ3v) is 2.88. The van der Waals surface area contributed by atoms with Gasteiger partial charge in [0.1, 0.15) is 5.75 Å². The number of ether oxygens (including phenoxy) is 2. The first-order chi connectivity index (χ1) is 8.25. The van der Waals surface area contributed by atoms with Crippen LogP contribution in [0.3, 0.4) is 0 Å². The fraction of sp³-hybridized carbons (Fsp3) is 0.533. The normalized spacial score (nSPS) is 13.0. The second-order valence-corrected chi connectivity index (χ2v) is 5.51. The molecule has 0 unspecified atom stereocenters. The van der Waals surface area contributed by atoms with E-state index in [1.807, 2.05) is 19.1 Å². The van der Waals surface area contributed by atoms with Crippen molar-refractivity contribution in [3.63, 3.8) is 0 Å². The minimum atomic E-state index is -0.589. The first-order valence-electron chi connectivity index (χ1n) is 6.11. The summed E-state index contributed by atoms with van der Waals surface area (Å²) in [4.78, 5) is 11.3. The van der Waals surface area contributed by atoms with Gasteiger partial charge in [-0.15, -0.1) is 0 Å². The second-order valence-electron chi connectivity index (χ2n) is 5.51. The summed E-state index contributed by atoms with van der Waals surface area (Å²) < 4.78 is 10.2. The van der Waals surface area contributed by atoms with E-state index in [-0.39, 0.29) is 11.4 Å². The van der Waals surface area contributed by atoms with E-state index in [0.717, 1.165) is 11.3 Å². The van der Waals surface area contributed by atoms with Crippen molar-refractivity contribution in [2.75, 3.05) is 7.11 Å². The molecule has 3 heteroatoms. The summed E-state index contributed by atoms with van der Waals surface area (Å²) in [5.74, 6) is 0.357. The van der Waals surface area contributed by atoms with Crippen molar-refractivity contribution in [2.24, 2.45) is 0 Å². The van der Waals surface area contributed by atoms with E-state index < -0.39 is 6.10 Å². The average Bonchev–Trinajstić information content (AvgIpc) is 2.29. The molecule has 0 N–H and O–H groups in total. The molecule has 1 aromatic carbocycles. The van der Waals surface area contributed by atoms with Crippen LogP contribution in [-0.2, 0) is 14.9 Å². The molecule has 1 atom stereocenters. The molecule has 0 spiro atoms. The fourth-order valence-corrected chi connectivity index (χ4v) is 1.65. The smallest absolute Gasteiger partial charge is 0.346 e. The molecule has 100 valence electrons. The maximum atomic E-state index is 11.3. The summed E-state index contributed by atoms with van der Waals surface area (Å²) in [6, 6.07) is 6.04. The molecule has 18 heavy (non-hydrogen) atoms. The van der Waals surface area contributed by atoms with Crippen LogP contribution in [0.1, 0.15) is 38.8 Å². The SMILES string of the molecule is COC(=O)[C@@H](C)Oc1ccc(C(C)(C)C)cc1C. The maximum absolute atomic E-state index is 11.3. The average molecular weight is 250 g/mol. The lowest BCUT2D eigenvalue weighted by molar-refractivity contribution is -0.147. The zero-order chi connectivity index (χ0) is 13.9. The van der Waals surface area contributed by atoms with Gasteiger partial charge >= 0.3 is 5.97 Å². The number of rotatable bonds is 3. The van der Waals surface area contributed by atoms with Crippen molar-refractivity contribution in [1.29, 1.82) is 0 Å². The Labute approximate surface area is 109 Å². The molecule has 0 aliphatic heterocycles. The third-order valence-electron chi connectivity index (χ3n) is 2.88. The topological polar surface area (TPSA) is 35.5 Å². The van der Waals surface area contributed by atoms with E-state index in [1.54, 1.807) is 6.92 Å². The molecule has 0 saturated carbocycles. The van der Waals surface area contributed by atoms with Gasteiger partial charge in [-0.1, -0.05) is 32.9 Å². The maximum Gasteiger partial charge on any atom is 0.346 e. The van der Waals surface area contributed by atoms with Crippen LogP contribution in [0.2, 0.25) is 0 Å². The van der Waals surface area contributed by atoms with Gasteiger partial charge in [-0.25, -0.2) is 4.79 Å². The molecule has 0 bridgehead atoms. The summed E-state index contributed by atoms with van der Waals surface area (Å²) >= 11 is 0. The number of aryl methyl sites for hydroxylation is 1. The molecule has 3 nitrogen and oxygen atoms in total. The van der Waals surface area contributed by atoms with Crippen LogP contribution in [0, 0.1) is 6.92 Å². The van der Waals surface area contributed by atoms with Gasteiger partial charge in [-0.3, -0.25) is 0 Å². The first-order valence-corrected chi connectivity index (χ1v) is 6.11. The molecule has 0 heterocycles. The highest BCUT2D eigenvalue weighted by atomic mass is 16.6. The molecular weight excluding hydrogens is 228 g/mol. The molecule has 1 aromatic rings. The first kappa shape index (κ1) is 14.6. The molecule has 0 aliphatic carbocycles. The van der Waals surface area contributed by atoms with Crippen LogP contribution in [0.5, 0.6) is 5.75 Å². The number of carbonyl (C=O) groups excluding carboxylic acids is 1. The van der Waals surface area contributed by atoms with Crippen molar-refractivity contribution >= 4 is 5.97 Å². The Morgan fingerprint density at radius 1 is 1.28 bits per heavy atom. The van der Waals surface area contributed by atoms with Gasteiger partial charge in [0.2, 0.25) is 0 Å². The van der Waals surface area contributed by atoms with E-state index in [0.29, 0.717) is 0 Å². The molecule has 1 rings (SSSR count). The van der Waals surface area contributed by atoms with Gasteiger partial charge < -0.3 is 9.47 Å². The van der Waals surface area contributed by atoms with Crippen LogP contribution in [0.15, 0.2) is 18.2 Å². The minimum Gasteiger partial charge on any atom is -0.479 e. The Balaban J connectivity index is 2.90. The summed E-state index contributed by atoms with van der Waals surface area (Å²) in [6.07, 6.45) is -0.589. The molecule has 0 fully saturated rings. The van der Waals surface area contributed by atoms with E-state index >= 15 is 0 Å². The number of esters is 1. The number of hydrogen-bond acceptors (Lipinski definition) is 3. The molecule has 0 saturated heterocycles. The Kier molecular flexibility index (Phi) is 4.38. The van der Waals surface area contributed by atoms with Gasteiger partial charge in [-0.2, -0.15) is 0 Å². The van der Waals surface area contributed by atoms with Gasteiger partial charge in [-0.05, 0) is 36.5 Å². The third kappa shape index (κ3) is 3.49. The largest absolute Gasteiger partial charge is 0.479 e. The lowest BCUT2D eigenvalue weighted by Gasteiger charge is -2.21. The Hall–Kier alpha value is -1.51. The van der Waals surface area contributed by atoms with Crippen molar-refractivity contribution in [2.45, 2.75) is 46.1 Å². The van der Waals surface area contributed by atoms with Crippen LogP contribution >= 0.6 is 0 Å². The highest BCUT2D eigenvalue weighted by molar-refractivity contribution is 5.74. The van der Waals surface area contributed by atoms with E-state index in [4.69, 9.17) is 4.74 Å². The second kappa shape index (κ2) is 5.42. The predicted molar refractivity (Wildman–Crippen MR) is 72.0 cm³/mol. The van der Waals surface area contributed by atoms with Crippen molar-refractivity contribution in [3.05, 3.63) is 29.3 Å². The number of benzene rings is 1. The van der Waals surface area contributed by atoms with Gasteiger partial charge in [0.25, 0.3) is 0 Å². The highest BCUT2D eigenvalue weighted by Crippen LogP contribution is 2.28. The number of hydrogen-bond donors (Lipinski definition) is 0. The van der Waals surface area contributed by atoms with E-state index in [9.17, 15) is 4.79 Å². The summed E-state index contributed by atoms with van der Waals surface area (Å²) in [5.41, 5.74) is 2.38. The van der Waals surface area contributed by atoms with E-state index in [1.165, 1.54) is 12.7 Å². The van der Waals surface area contributed by atoms with Crippen LogP contribution < -0.4 is 4.74 Å². The molecule has 0 aliphatic rings.